The number of carbonyl (C=O) groups excluding carboxylic acids is 1. The van der Waals surface area contributed by atoms with Gasteiger partial charge < -0.3 is 10.2 Å². The molecule has 1 fully saturated rings. The molecule has 1 heterocycles. The van der Waals surface area contributed by atoms with Crippen LogP contribution in [0.1, 0.15) is 29.9 Å². The molecule has 3 nitrogen and oxygen atoms in total. The van der Waals surface area contributed by atoms with E-state index in [1.165, 1.54) is 11.1 Å². The molecule has 0 aromatic heterocycles. The Labute approximate surface area is 109 Å². The molecule has 0 aliphatic carbocycles. The van der Waals surface area contributed by atoms with Gasteiger partial charge in [0.2, 0.25) is 5.91 Å². The Bertz CT molecular complexity index is 428. The zero-order valence-corrected chi connectivity index (χ0v) is 11.4. The van der Waals surface area contributed by atoms with Crippen molar-refractivity contribution >= 4 is 5.91 Å². The zero-order chi connectivity index (χ0) is 13.1. The topological polar surface area (TPSA) is 32.3 Å². The molecule has 0 radical (unpaired) electrons. The van der Waals surface area contributed by atoms with E-state index < -0.39 is 0 Å². The van der Waals surface area contributed by atoms with Gasteiger partial charge in [-0.05, 0) is 43.4 Å². The van der Waals surface area contributed by atoms with Crippen molar-refractivity contribution in [2.45, 2.75) is 31.7 Å². The molecule has 1 N–H and O–H groups in total. The highest BCUT2D eigenvalue weighted by molar-refractivity contribution is 5.81. The Balaban J connectivity index is 2.12. The van der Waals surface area contributed by atoms with E-state index in [0.717, 1.165) is 19.4 Å². The molecule has 2 rings (SSSR count). The normalized spacial score (nSPS) is 23.7. The second-order valence-electron chi connectivity index (χ2n) is 5.32. The molecule has 2 atom stereocenters. The third-order valence-electron chi connectivity index (χ3n) is 3.77. The van der Waals surface area contributed by atoms with Crippen LogP contribution in [0, 0.1) is 6.92 Å². The minimum Gasteiger partial charge on any atom is -0.347 e. The van der Waals surface area contributed by atoms with Crippen LogP contribution in [-0.2, 0) is 4.79 Å². The van der Waals surface area contributed by atoms with Crippen molar-refractivity contribution in [3.63, 3.8) is 0 Å². The highest BCUT2D eigenvalue weighted by Gasteiger charge is 2.28. The SMILES string of the molecule is Cc1ccccc1C1CCNC(C(=O)N(C)C)C1. The fourth-order valence-corrected chi connectivity index (χ4v) is 2.74. The zero-order valence-electron chi connectivity index (χ0n) is 11.4. The lowest BCUT2D eigenvalue weighted by molar-refractivity contribution is -0.131. The lowest BCUT2D eigenvalue weighted by Crippen LogP contribution is -2.47. The van der Waals surface area contributed by atoms with Crippen molar-refractivity contribution in [1.29, 1.82) is 0 Å². The van der Waals surface area contributed by atoms with Gasteiger partial charge in [-0.3, -0.25) is 4.79 Å². The summed E-state index contributed by atoms with van der Waals surface area (Å²) in [5, 5.41) is 3.33. The van der Waals surface area contributed by atoms with Crippen LogP contribution < -0.4 is 5.32 Å². The van der Waals surface area contributed by atoms with E-state index in [1.54, 1.807) is 4.90 Å². The van der Waals surface area contributed by atoms with Gasteiger partial charge in [0.05, 0.1) is 6.04 Å². The van der Waals surface area contributed by atoms with Gasteiger partial charge >= 0.3 is 0 Å². The maximum absolute atomic E-state index is 12.0. The molecule has 1 aliphatic heterocycles. The summed E-state index contributed by atoms with van der Waals surface area (Å²) in [6.45, 7) is 3.07. The molecule has 1 aliphatic rings. The summed E-state index contributed by atoms with van der Waals surface area (Å²) in [6, 6.07) is 8.48. The number of aryl methyl sites for hydroxylation is 1. The van der Waals surface area contributed by atoms with Gasteiger partial charge in [0, 0.05) is 14.1 Å². The van der Waals surface area contributed by atoms with Gasteiger partial charge in [0.1, 0.15) is 0 Å². The van der Waals surface area contributed by atoms with Gasteiger partial charge in [0.25, 0.3) is 0 Å². The molecular formula is C15H22N2O. The number of benzene rings is 1. The van der Waals surface area contributed by atoms with E-state index in [1.807, 2.05) is 14.1 Å². The van der Waals surface area contributed by atoms with Crippen LogP contribution in [0.25, 0.3) is 0 Å². The minimum atomic E-state index is -0.0293. The van der Waals surface area contributed by atoms with Crippen molar-refractivity contribution in [3.05, 3.63) is 35.4 Å². The van der Waals surface area contributed by atoms with E-state index in [2.05, 4.69) is 36.5 Å². The smallest absolute Gasteiger partial charge is 0.239 e. The van der Waals surface area contributed by atoms with Crippen molar-refractivity contribution in [3.8, 4) is 0 Å². The Morgan fingerprint density at radius 3 is 2.72 bits per heavy atom. The van der Waals surface area contributed by atoms with E-state index in [0.29, 0.717) is 5.92 Å². The van der Waals surface area contributed by atoms with Crippen molar-refractivity contribution < 1.29 is 4.79 Å². The van der Waals surface area contributed by atoms with Crippen LogP contribution >= 0.6 is 0 Å². The fourth-order valence-electron chi connectivity index (χ4n) is 2.74. The highest BCUT2D eigenvalue weighted by Crippen LogP contribution is 2.30. The molecule has 2 unspecified atom stereocenters. The molecule has 1 amide bonds. The summed E-state index contributed by atoms with van der Waals surface area (Å²) in [7, 11) is 3.64. The number of likely N-dealkylation sites (N-methyl/N-ethyl adjacent to an activating group) is 1. The molecule has 0 spiro atoms. The molecule has 98 valence electrons. The second-order valence-corrected chi connectivity index (χ2v) is 5.32. The van der Waals surface area contributed by atoms with E-state index in [4.69, 9.17) is 0 Å². The van der Waals surface area contributed by atoms with Crippen LogP contribution in [0.5, 0.6) is 0 Å². The second kappa shape index (κ2) is 5.53. The summed E-state index contributed by atoms with van der Waals surface area (Å²) >= 11 is 0. The third-order valence-corrected chi connectivity index (χ3v) is 3.77. The number of amides is 1. The average molecular weight is 246 g/mol. The number of piperidine rings is 1. The summed E-state index contributed by atoms with van der Waals surface area (Å²) in [5.74, 6) is 0.689. The quantitative estimate of drug-likeness (QED) is 0.864. The first-order chi connectivity index (χ1) is 8.59. The predicted octanol–water partition coefficient (Wildman–Crippen LogP) is 1.92. The number of hydrogen-bond acceptors (Lipinski definition) is 2. The number of hydrogen-bond donors (Lipinski definition) is 1. The lowest BCUT2D eigenvalue weighted by Gasteiger charge is -2.32. The standard InChI is InChI=1S/C15H22N2O/c1-11-6-4-5-7-13(11)12-8-9-16-14(10-12)15(18)17(2)3/h4-7,12,14,16H,8-10H2,1-3H3. The lowest BCUT2D eigenvalue weighted by atomic mass is 9.84. The fraction of sp³-hybridized carbons (Fsp3) is 0.533. The van der Waals surface area contributed by atoms with Crippen LogP contribution in [0.2, 0.25) is 0 Å². The molecule has 3 heteroatoms. The first-order valence-corrected chi connectivity index (χ1v) is 6.59. The molecule has 1 aromatic carbocycles. The summed E-state index contributed by atoms with van der Waals surface area (Å²) in [6.07, 6.45) is 2.02. The van der Waals surface area contributed by atoms with Crippen LogP contribution in [-0.4, -0.2) is 37.5 Å². The number of nitrogens with zero attached hydrogens (tertiary/aromatic N) is 1. The van der Waals surface area contributed by atoms with Crippen molar-refractivity contribution in [2.24, 2.45) is 0 Å². The Kier molecular flexibility index (Phi) is 4.02. The van der Waals surface area contributed by atoms with E-state index in [9.17, 15) is 4.79 Å². The Morgan fingerprint density at radius 1 is 1.33 bits per heavy atom. The Morgan fingerprint density at radius 2 is 2.06 bits per heavy atom. The summed E-state index contributed by atoms with van der Waals surface area (Å²) in [5.41, 5.74) is 2.73. The summed E-state index contributed by atoms with van der Waals surface area (Å²) < 4.78 is 0. The van der Waals surface area contributed by atoms with Gasteiger partial charge in [-0.2, -0.15) is 0 Å². The van der Waals surface area contributed by atoms with Crippen LogP contribution in [0.4, 0.5) is 0 Å². The Hall–Kier alpha value is -1.35. The monoisotopic (exact) mass is 246 g/mol. The molecule has 1 saturated heterocycles. The summed E-state index contributed by atoms with van der Waals surface area (Å²) in [4.78, 5) is 13.7. The highest BCUT2D eigenvalue weighted by atomic mass is 16.2. The number of carbonyl (C=O) groups is 1. The number of nitrogens with one attached hydrogen (secondary N) is 1. The maximum atomic E-state index is 12.0. The predicted molar refractivity (Wildman–Crippen MR) is 73.6 cm³/mol. The molecular weight excluding hydrogens is 224 g/mol. The third kappa shape index (κ3) is 2.72. The first kappa shape index (κ1) is 13.1. The largest absolute Gasteiger partial charge is 0.347 e. The molecule has 1 aromatic rings. The average Bonchev–Trinajstić information content (AvgIpc) is 2.38. The van der Waals surface area contributed by atoms with Crippen LogP contribution in [0.15, 0.2) is 24.3 Å². The van der Waals surface area contributed by atoms with Gasteiger partial charge in [0.15, 0.2) is 0 Å². The van der Waals surface area contributed by atoms with E-state index in [-0.39, 0.29) is 11.9 Å². The van der Waals surface area contributed by atoms with Gasteiger partial charge in [-0.1, -0.05) is 24.3 Å². The van der Waals surface area contributed by atoms with Gasteiger partial charge in [-0.25, -0.2) is 0 Å². The van der Waals surface area contributed by atoms with E-state index >= 15 is 0 Å². The van der Waals surface area contributed by atoms with Crippen LogP contribution in [0.3, 0.4) is 0 Å². The van der Waals surface area contributed by atoms with Crippen molar-refractivity contribution in [2.75, 3.05) is 20.6 Å². The maximum Gasteiger partial charge on any atom is 0.239 e. The first-order valence-electron chi connectivity index (χ1n) is 6.59. The van der Waals surface area contributed by atoms with Gasteiger partial charge in [-0.15, -0.1) is 0 Å². The van der Waals surface area contributed by atoms with Crippen molar-refractivity contribution in [1.82, 2.24) is 10.2 Å². The molecule has 18 heavy (non-hydrogen) atoms. The number of rotatable bonds is 2. The molecule has 0 saturated carbocycles. The molecule has 0 bridgehead atoms. The minimum absolute atomic E-state index is 0.0293.